The minimum Gasteiger partial charge on any atom is -0.372 e. The largest absolute Gasteiger partial charge is 0.437 e. The van der Waals surface area contributed by atoms with E-state index in [0.717, 1.165) is 25.0 Å². The Balaban J connectivity index is 2.09. The Morgan fingerprint density at radius 2 is 1.84 bits per heavy atom. The number of ketones is 1. The van der Waals surface area contributed by atoms with Crippen LogP contribution in [0.1, 0.15) is 35.8 Å². The second-order valence-corrected chi connectivity index (χ2v) is 7.19. The lowest BCUT2D eigenvalue weighted by atomic mass is 9.77. The second-order valence-electron chi connectivity index (χ2n) is 7.19. The minimum atomic E-state index is -5.30. The number of Topliss-reactive ketones (excluding diaryl/α,β-unsaturated/α-hetero) is 1. The van der Waals surface area contributed by atoms with Crippen molar-refractivity contribution in [3.8, 4) is 0 Å². The van der Waals surface area contributed by atoms with Gasteiger partial charge in [0.1, 0.15) is 5.92 Å². The quantitative estimate of drug-likeness (QED) is 0.606. The van der Waals surface area contributed by atoms with Crippen molar-refractivity contribution in [3.63, 3.8) is 0 Å². The van der Waals surface area contributed by atoms with Crippen molar-refractivity contribution >= 4 is 17.5 Å². The van der Waals surface area contributed by atoms with E-state index in [1.165, 1.54) is 23.6 Å². The van der Waals surface area contributed by atoms with E-state index in [-0.39, 0.29) is 11.1 Å². The van der Waals surface area contributed by atoms with Crippen LogP contribution in [0.5, 0.6) is 0 Å². The minimum absolute atomic E-state index is 0.113. The highest BCUT2D eigenvalue weighted by atomic mass is 19.4. The number of alkyl halides is 3. The summed E-state index contributed by atoms with van der Waals surface area (Å²) in [5.74, 6) is -3.08. The summed E-state index contributed by atoms with van der Waals surface area (Å²) in [6.45, 7) is 5.40. The molecule has 3 rings (SSSR count). The summed E-state index contributed by atoms with van der Waals surface area (Å²) in [6.07, 6.45) is -2.81. The van der Waals surface area contributed by atoms with Gasteiger partial charge in [0, 0.05) is 36.7 Å². The van der Waals surface area contributed by atoms with E-state index < -0.39 is 35.7 Å². The van der Waals surface area contributed by atoms with Crippen LogP contribution in [0.4, 0.5) is 23.7 Å². The third-order valence-corrected chi connectivity index (χ3v) is 5.42. The Morgan fingerprint density at radius 1 is 1.19 bits per heavy atom. The van der Waals surface area contributed by atoms with Crippen LogP contribution < -0.4 is 15.5 Å². The van der Waals surface area contributed by atoms with E-state index in [0.29, 0.717) is 0 Å². The van der Waals surface area contributed by atoms with Gasteiger partial charge in [-0.05, 0) is 43.7 Å². The average Bonchev–Trinajstić information content (AvgIpc) is 2.74. The summed E-state index contributed by atoms with van der Waals surface area (Å²) >= 11 is 0. The Hall–Kier alpha value is -3.14. The molecule has 1 aromatic heterocycles. The monoisotopic (exact) mass is 436 g/mol. The van der Waals surface area contributed by atoms with Gasteiger partial charge in [0.05, 0.1) is 6.04 Å². The third-order valence-electron chi connectivity index (χ3n) is 5.42. The van der Waals surface area contributed by atoms with Gasteiger partial charge in [0.25, 0.3) is 0 Å². The molecule has 3 N–H and O–H groups in total. The van der Waals surface area contributed by atoms with Gasteiger partial charge in [-0.1, -0.05) is 12.1 Å². The van der Waals surface area contributed by atoms with Gasteiger partial charge in [-0.25, -0.2) is 4.79 Å². The summed E-state index contributed by atoms with van der Waals surface area (Å²) in [6, 6.07) is 6.57. The first-order valence-electron chi connectivity index (χ1n) is 9.79. The Morgan fingerprint density at radius 3 is 2.35 bits per heavy atom. The number of hydrogen-bond acceptors (Lipinski definition) is 5. The van der Waals surface area contributed by atoms with E-state index in [9.17, 15) is 27.9 Å². The molecule has 31 heavy (non-hydrogen) atoms. The molecule has 0 saturated carbocycles. The van der Waals surface area contributed by atoms with Gasteiger partial charge in [0.2, 0.25) is 5.72 Å². The number of hydrogen-bond donors (Lipinski definition) is 3. The molecule has 1 fully saturated rings. The number of aliphatic hydroxyl groups is 1. The smallest absolute Gasteiger partial charge is 0.372 e. The maximum Gasteiger partial charge on any atom is 0.437 e. The van der Waals surface area contributed by atoms with Gasteiger partial charge in [-0.2, -0.15) is 13.2 Å². The van der Waals surface area contributed by atoms with Crippen molar-refractivity contribution < 1.29 is 27.9 Å². The summed E-state index contributed by atoms with van der Waals surface area (Å²) < 4.78 is 41.7. The van der Waals surface area contributed by atoms with Crippen LogP contribution in [0.3, 0.4) is 0 Å². The molecule has 7 nitrogen and oxygen atoms in total. The molecule has 0 spiro atoms. The van der Waals surface area contributed by atoms with Gasteiger partial charge in [0.15, 0.2) is 5.78 Å². The highest BCUT2D eigenvalue weighted by molar-refractivity contribution is 6.00. The average molecular weight is 436 g/mol. The lowest BCUT2D eigenvalue weighted by molar-refractivity contribution is -0.287. The van der Waals surface area contributed by atoms with E-state index in [4.69, 9.17) is 0 Å². The van der Waals surface area contributed by atoms with Crippen LogP contribution in [0, 0.1) is 5.92 Å². The predicted molar refractivity (Wildman–Crippen MR) is 107 cm³/mol. The lowest BCUT2D eigenvalue weighted by Gasteiger charge is -2.45. The molecule has 2 heterocycles. The summed E-state index contributed by atoms with van der Waals surface area (Å²) in [5.41, 5.74) is -2.77. The van der Waals surface area contributed by atoms with Crippen LogP contribution >= 0.6 is 0 Å². The molecular formula is C21H23F3N4O3. The van der Waals surface area contributed by atoms with Crippen molar-refractivity contribution in [3.05, 3.63) is 59.9 Å². The summed E-state index contributed by atoms with van der Waals surface area (Å²) in [5, 5.41) is 14.5. The Bertz CT molecular complexity index is 933. The maximum atomic E-state index is 13.9. The fourth-order valence-electron chi connectivity index (χ4n) is 3.79. The van der Waals surface area contributed by atoms with Crippen LogP contribution in [0.25, 0.3) is 0 Å². The van der Waals surface area contributed by atoms with Crippen LogP contribution in [-0.4, -0.2) is 46.9 Å². The number of amides is 2. The number of aromatic nitrogens is 1. The molecule has 1 aliphatic rings. The van der Waals surface area contributed by atoms with Crippen molar-refractivity contribution in [1.29, 1.82) is 0 Å². The molecule has 3 atom stereocenters. The number of halogens is 3. The van der Waals surface area contributed by atoms with E-state index in [2.05, 4.69) is 10.3 Å². The lowest BCUT2D eigenvalue weighted by Crippen LogP contribution is -2.72. The maximum absolute atomic E-state index is 13.9. The Kier molecular flexibility index (Phi) is 6.21. The highest BCUT2D eigenvalue weighted by Crippen LogP contribution is 2.44. The fraction of sp³-hybridized carbons (Fsp3) is 0.381. The van der Waals surface area contributed by atoms with Gasteiger partial charge < -0.3 is 20.6 Å². The summed E-state index contributed by atoms with van der Waals surface area (Å²) in [4.78, 5) is 31.0. The first kappa shape index (κ1) is 22.5. The van der Waals surface area contributed by atoms with Crippen molar-refractivity contribution in [2.75, 3.05) is 18.0 Å². The highest BCUT2D eigenvalue weighted by Gasteiger charge is 2.66. The molecule has 166 valence electrons. The molecule has 0 aliphatic carbocycles. The van der Waals surface area contributed by atoms with Crippen LogP contribution in [0.15, 0.2) is 48.8 Å². The number of carbonyl (C=O) groups excluding carboxylic acids is 2. The number of nitrogens with zero attached hydrogens (tertiary/aromatic N) is 2. The first-order valence-corrected chi connectivity index (χ1v) is 9.79. The standard InChI is InChI=1S/C21H23F3N4O3/c1-3-28(4-2)15-9-7-13(8-10-15)17-16(18(29)14-6-5-11-25-12-14)20(31,21(22,23)24)27-19(30)26-17/h5-12,16-17,31H,3-4H2,1-2H3,(H2,26,27,30)/t16-,17-,20-/m0/s1. The number of nitrogens with one attached hydrogen (secondary N) is 2. The molecular weight excluding hydrogens is 413 g/mol. The Labute approximate surface area is 177 Å². The zero-order valence-corrected chi connectivity index (χ0v) is 17.0. The fourth-order valence-corrected chi connectivity index (χ4v) is 3.79. The number of benzene rings is 1. The first-order chi connectivity index (χ1) is 14.6. The molecule has 2 amide bonds. The molecule has 1 saturated heterocycles. The number of anilines is 1. The zero-order valence-electron chi connectivity index (χ0n) is 17.0. The van der Waals surface area contributed by atoms with Crippen molar-refractivity contribution in [1.82, 2.24) is 15.6 Å². The van der Waals surface area contributed by atoms with Gasteiger partial charge in [-0.15, -0.1) is 0 Å². The predicted octanol–water partition coefficient (Wildman–Crippen LogP) is 3.03. The number of urea groups is 1. The second kappa shape index (κ2) is 8.54. The van der Waals surface area contributed by atoms with E-state index >= 15 is 0 Å². The van der Waals surface area contributed by atoms with Crippen LogP contribution in [-0.2, 0) is 0 Å². The zero-order chi connectivity index (χ0) is 22.8. The van der Waals surface area contributed by atoms with Gasteiger partial charge in [-0.3, -0.25) is 9.78 Å². The molecule has 1 aromatic carbocycles. The number of pyridine rings is 1. The van der Waals surface area contributed by atoms with Crippen molar-refractivity contribution in [2.24, 2.45) is 5.92 Å². The van der Waals surface area contributed by atoms with Crippen LogP contribution in [0.2, 0.25) is 0 Å². The third kappa shape index (κ3) is 4.20. The topological polar surface area (TPSA) is 94.6 Å². The molecule has 0 bridgehead atoms. The van der Waals surface area contributed by atoms with E-state index in [1.807, 2.05) is 18.7 Å². The molecule has 0 unspecified atom stereocenters. The number of rotatable bonds is 6. The van der Waals surface area contributed by atoms with Gasteiger partial charge >= 0.3 is 12.2 Å². The summed E-state index contributed by atoms with van der Waals surface area (Å²) in [7, 11) is 0. The SMILES string of the molecule is CCN(CC)c1ccc([C@@H]2NC(=O)N[C@@](O)(C(F)(F)F)[C@@H]2C(=O)c2cccnc2)cc1. The molecule has 0 radical (unpaired) electrons. The molecule has 10 heteroatoms. The molecule has 2 aromatic rings. The molecule has 1 aliphatic heterocycles. The van der Waals surface area contributed by atoms with E-state index in [1.54, 1.807) is 24.3 Å². The normalized spacial score (nSPS) is 23.6. The van der Waals surface area contributed by atoms with Crippen molar-refractivity contribution in [2.45, 2.75) is 31.8 Å². The number of carbonyl (C=O) groups is 2.